The average Bonchev–Trinajstić information content (AvgIpc) is 3.02. The maximum atomic E-state index is 12.3. The fraction of sp³-hybridized carbons (Fsp3) is 0.417. The first-order valence-corrected chi connectivity index (χ1v) is 6.37. The van der Waals surface area contributed by atoms with Gasteiger partial charge in [0.25, 0.3) is 5.56 Å². The van der Waals surface area contributed by atoms with E-state index in [2.05, 4.69) is 20.2 Å². The lowest BCUT2D eigenvalue weighted by Crippen LogP contribution is -2.21. The van der Waals surface area contributed by atoms with E-state index >= 15 is 0 Å². The second-order valence-corrected chi connectivity index (χ2v) is 4.54. The molecule has 0 saturated heterocycles. The number of rotatable bonds is 4. The summed E-state index contributed by atoms with van der Waals surface area (Å²) >= 11 is 0. The average molecular weight is 274 g/mol. The quantitative estimate of drug-likeness (QED) is 0.688. The van der Waals surface area contributed by atoms with Crippen molar-refractivity contribution in [3.8, 4) is 0 Å². The van der Waals surface area contributed by atoms with Crippen LogP contribution in [0.4, 0.5) is 0 Å². The fourth-order valence-electron chi connectivity index (χ4n) is 2.00. The van der Waals surface area contributed by atoms with Crippen molar-refractivity contribution in [2.24, 2.45) is 7.05 Å². The number of aryl methyl sites for hydroxylation is 2. The van der Waals surface area contributed by atoms with Gasteiger partial charge in [-0.2, -0.15) is 10.1 Å². The van der Waals surface area contributed by atoms with Crippen LogP contribution < -0.4 is 5.56 Å². The molecular weight excluding hydrogens is 260 g/mol. The van der Waals surface area contributed by atoms with Crippen LogP contribution in [0.25, 0.3) is 11.0 Å². The Morgan fingerprint density at radius 1 is 1.40 bits per heavy atom. The molecule has 0 bridgehead atoms. The fourth-order valence-corrected chi connectivity index (χ4v) is 2.00. The zero-order valence-electron chi connectivity index (χ0n) is 11.3. The predicted octanol–water partition coefficient (Wildman–Crippen LogP) is 0.514. The van der Waals surface area contributed by atoms with E-state index in [1.54, 1.807) is 11.7 Å². The molecule has 8 heteroatoms. The number of hydrogen-bond acceptors (Lipinski definition) is 6. The summed E-state index contributed by atoms with van der Waals surface area (Å²) in [6.07, 6.45) is 4.69. The van der Waals surface area contributed by atoms with Gasteiger partial charge in [-0.15, -0.1) is 0 Å². The third-order valence-corrected chi connectivity index (χ3v) is 3.01. The van der Waals surface area contributed by atoms with Crippen molar-refractivity contribution in [3.05, 3.63) is 34.6 Å². The van der Waals surface area contributed by atoms with E-state index in [-0.39, 0.29) is 12.1 Å². The van der Waals surface area contributed by atoms with E-state index in [9.17, 15) is 4.79 Å². The highest BCUT2D eigenvalue weighted by molar-refractivity contribution is 5.72. The molecule has 0 N–H and O–H groups in total. The Balaban J connectivity index is 1.94. The molecule has 0 atom stereocenters. The van der Waals surface area contributed by atoms with Gasteiger partial charge in [0, 0.05) is 13.5 Å². The van der Waals surface area contributed by atoms with Crippen LogP contribution in [0.5, 0.6) is 0 Å². The summed E-state index contributed by atoms with van der Waals surface area (Å²) in [4.78, 5) is 20.7. The summed E-state index contributed by atoms with van der Waals surface area (Å²) in [5.41, 5.74) is 0.391. The number of aromatic nitrogens is 6. The maximum absolute atomic E-state index is 12.3. The van der Waals surface area contributed by atoms with Crippen molar-refractivity contribution in [1.82, 2.24) is 29.5 Å². The largest absolute Gasteiger partial charge is 0.337 e. The Morgan fingerprint density at radius 3 is 3.05 bits per heavy atom. The Kier molecular flexibility index (Phi) is 3.05. The molecule has 3 rings (SSSR count). The number of hydrogen-bond donors (Lipinski definition) is 0. The van der Waals surface area contributed by atoms with Crippen molar-refractivity contribution in [3.63, 3.8) is 0 Å². The van der Waals surface area contributed by atoms with Crippen molar-refractivity contribution in [2.45, 2.75) is 26.3 Å². The smallest absolute Gasteiger partial charge is 0.264 e. The highest BCUT2D eigenvalue weighted by Crippen LogP contribution is 2.05. The van der Waals surface area contributed by atoms with Gasteiger partial charge < -0.3 is 4.52 Å². The Labute approximate surface area is 114 Å². The molecule has 20 heavy (non-hydrogen) atoms. The van der Waals surface area contributed by atoms with Crippen molar-refractivity contribution < 1.29 is 4.52 Å². The van der Waals surface area contributed by atoms with Crippen molar-refractivity contribution in [1.29, 1.82) is 0 Å². The first-order chi connectivity index (χ1) is 9.69. The normalized spacial score (nSPS) is 11.3. The Bertz CT molecular complexity index is 800. The molecule has 3 aromatic heterocycles. The Morgan fingerprint density at radius 2 is 2.25 bits per heavy atom. The zero-order chi connectivity index (χ0) is 14.1. The molecule has 3 aromatic rings. The molecule has 0 aliphatic carbocycles. The Hall–Kier alpha value is -2.51. The van der Waals surface area contributed by atoms with Crippen molar-refractivity contribution in [2.75, 3.05) is 0 Å². The van der Waals surface area contributed by atoms with Crippen LogP contribution in [-0.4, -0.2) is 29.5 Å². The number of fused-ring (bicyclic) bond motifs is 1. The van der Waals surface area contributed by atoms with Crippen LogP contribution in [0.15, 0.2) is 21.8 Å². The second-order valence-electron chi connectivity index (χ2n) is 4.54. The van der Waals surface area contributed by atoms with E-state index < -0.39 is 0 Å². The molecule has 0 aliphatic heterocycles. The first kappa shape index (κ1) is 12.5. The molecule has 0 saturated carbocycles. The predicted molar refractivity (Wildman–Crippen MR) is 70.2 cm³/mol. The summed E-state index contributed by atoms with van der Waals surface area (Å²) in [7, 11) is 1.74. The zero-order valence-corrected chi connectivity index (χ0v) is 11.3. The summed E-state index contributed by atoms with van der Waals surface area (Å²) < 4.78 is 8.12. The lowest BCUT2D eigenvalue weighted by Gasteiger charge is -2.01. The number of nitrogens with zero attached hydrogens (tertiary/aromatic N) is 6. The summed E-state index contributed by atoms with van der Waals surface area (Å²) in [5.74, 6) is 1.06. The van der Waals surface area contributed by atoms with Crippen LogP contribution in [-0.2, 0) is 20.0 Å². The SMILES string of the molecule is CCCc1noc(Cn2cnc3c(cnn3C)c2=O)n1. The van der Waals surface area contributed by atoms with Gasteiger partial charge in [0.05, 0.1) is 6.20 Å². The summed E-state index contributed by atoms with van der Waals surface area (Å²) in [5, 5.41) is 8.36. The lowest BCUT2D eigenvalue weighted by molar-refractivity contribution is 0.364. The molecule has 104 valence electrons. The molecule has 0 aromatic carbocycles. The minimum absolute atomic E-state index is 0.168. The third kappa shape index (κ3) is 2.09. The third-order valence-electron chi connectivity index (χ3n) is 3.01. The van der Waals surface area contributed by atoms with Gasteiger partial charge in [0.2, 0.25) is 5.89 Å². The van der Waals surface area contributed by atoms with E-state index in [1.807, 2.05) is 6.92 Å². The molecule has 0 spiro atoms. The molecule has 0 unspecified atom stereocenters. The minimum Gasteiger partial charge on any atom is -0.337 e. The molecule has 0 radical (unpaired) electrons. The van der Waals surface area contributed by atoms with Crippen molar-refractivity contribution >= 4 is 11.0 Å². The van der Waals surface area contributed by atoms with Crippen LogP contribution in [0.3, 0.4) is 0 Å². The topological polar surface area (TPSA) is 91.6 Å². The van der Waals surface area contributed by atoms with Gasteiger partial charge >= 0.3 is 0 Å². The molecule has 0 aliphatic rings. The van der Waals surface area contributed by atoms with Gasteiger partial charge in [0.1, 0.15) is 18.3 Å². The van der Waals surface area contributed by atoms with Gasteiger partial charge in [-0.3, -0.25) is 14.0 Å². The standard InChI is InChI=1S/C12H14N6O2/c1-3-4-9-15-10(20-16-9)6-18-7-13-11-8(12(18)19)5-14-17(11)2/h5,7H,3-4,6H2,1-2H3. The highest BCUT2D eigenvalue weighted by Gasteiger charge is 2.11. The van der Waals surface area contributed by atoms with Crippen LogP contribution in [0, 0.1) is 0 Å². The van der Waals surface area contributed by atoms with Gasteiger partial charge in [-0.25, -0.2) is 4.98 Å². The van der Waals surface area contributed by atoms with Gasteiger partial charge in [-0.05, 0) is 6.42 Å². The monoisotopic (exact) mass is 274 g/mol. The maximum Gasteiger partial charge on any atom is 0.264 e. The van der Waals surface area contributed by atoms with E-state index in [0.29, 0.717) is 22.7 Å². The minimum atomic E-state index is -0.168. The molecule has 0 amide bonds. The van der Waals surface area contributed by atoms with E-state index in [1.165, 1.54) is 17.1 Å². The first-order valence-electron chi connectivity index (χ1n) is 6.37. The molecule has 3 heterocycles. The van der Waals surface area contributed by atoms with Crippen LogP contribution in [0.1, 0.15) is 25.1 Å². The van der Waals surface area contributed by atoms with Gasteiger partial charge in [-0.1, -0.05) is 12.1 Å². The highest BCUT2D eigenvalue weighted by atomic mass is 16.5. The summed E-state index contributed by atoms with van der Waals surface area (Å²) in [6.45, 7) is 2.26. The van der Waals surface area contributed by atoms with Crippen LogP contribution in [0.2, 0.25) is 0 Å². The van der Waals surface area contributed by atoms with Crippen LogP contribution >= 0.6 is 0 Å². The molecule has 8 nitrogen and oxygen atoms in total. The van der Waals surface area contributed by atoms with E-state index in [4.69, 9.17) is 4.52 Å². The molecular formula is C12H14N6O2. The van der Waals surface area contributed by atoms with Gasteiger partial charge in [0.15, 0.2) is 11.5 Å². The van der Waals surface area contributed by atoms with E-state index in [0.717, 1.165) is 12.8 Å². The molecule has 0 fully saturated rings. The second kappa shape index (κ2) is 4.87. The lowest BCUT2D eigenvalue weighted by atomic mass is 10.3. The summed E-state index contributed by atoms with van der Waals surface area (Å²) in [6, 6.07) is 0.